The van der Waals surface area contributed by atoms with Crippen LogP contribution in [0.25, 0.3) is 0 Å². The molecule has 0 spiro atoms. The normalized spacial score (nSPS) is 26.6. The molecule has 0 aromatic carbocycles. The molecule has 12 heavy (non-hydrogen) atoms. The number of hydrogen-bond acceptors (Lipinski definition) is 2. The first-order valence-corrected chi connectivity index (χ1v) is 4.71. The Kier molecular flexibility index (Phi) is 4.33. The van der Waals surface area contributed by atoms with Gasteiger partial charge in [0.25, 0.3) is 0 Å². The number of hydrogen-bond donors (Lipinski definition) is 0. The fraction of sp³-hybridized carbons (Fsp3) is 0.800. The lowest BCUT2D eigenvalue weighted by Gasteiger charge is -2.25. The van der Waals surface area contributed by atoms with E-state index < -0.39 is 0 Å². The van der Waals surface area contributed by atoms with Crippen LogP contribution < -0.4 is 0 Å². The summed E-state index contributed by atoms with van der Waals surface area (Å²) in [7, 11) is 0. The molecule has 2 nitrogen and oxygen atoms in total. The van der Waals surface area contributed by atoms with Crippen molar-refractivity contribution in [2.24, 2.45) is 0 Å². The van der Waals surface area contributed by atoms with Crippen molar-refractivity contribution in [2.45, 2.75) is 45.0 Å². The molecule has 0 amide bonds. The van der Waals surface area contributed by atoms with Crippen LogP contribution in [0.5, 0.6) is 0 Å². The Hall–Kier alpha value is -0.340. The van der Waals surface area contributed by atoms with Gasteiger partial charge >= 0.3 is 0 Å². The third-order valence-corrected chi connectivity index (χ3v) is 2.02. The average Bonchev–Trinajstić information content (AvgIpc) is 2.06. The summed E-state index contributed by atoms with van der Waals surface area (Å²) in [4.78, 5) is 0. The van der Waals surface area contributed by atoms with Gasteiger partial charge in [0.15, 0.2) is 6.29 Å². The van der Waals surface area contributed by atoms with Gasteiger partial charge in [-0.3, -0.25) is 0 Å². The highest BCUT2D eigenvalue weighted by Crippen LogP contribution is 2.16. The fourth-order valence-corrected chi connectivity index (χ4v) is 1.37. The zero-order valence-corrected chi connectivity index (χ0v) is 7.79. The van der Waals surface area contributed by atoms with Crippen LogP contribution in [-0.4, -0.2) is 19.0 Å². The van der Waals surface area contributed by atoms with E-state index >= 15 is 0 Å². The number of rotatable bonds is 4. The van der Waals surface area contributed by atoms with Crippen molar-refractivity contribution in [3.05, 3.63) is 12.7 Å². The maximum absolute atomic E-state index is 5.64. The molecule has 1 aliphatic heterocycles. The van der Waals surface area contributed by atoms with Crippen molar-refractivity contribution < 1.29 is 9.47 Å². The summed E-state index contributed by atoms with van der Waals surface area (Å²) in [5.41, 5.74) is 0. The third kappa shape index (κ3) is 3.37. The predicted octanol–water partition coefficient (Wildman–Crippen LogP) is 2.49. The summed E-state index contributed by atoms with van der Waals surface area (Å²) in [6.45, 7) is 6.58. The van der Waals surface area contributed by atoms with E-state index in [2.05, 4.69) is 13.5 Å². The minimum Gasteiger partial charge on any atom is -0.353 e. The molecule has 1 unspecified atom stereocenters. The maximum Gasteiger partial charge on any atom is 0.157 e. The van der Waals surface area contributed by atoms with Gasteiger partial charge in [-0.15, -0.1) is 6.58 Å². The highest BCUT2D eigenvalue weighted by molar-refractivity contribution is 4.71. The lowest BCUT2D eigenvalue weighted by Crippen LogP contribution is -2.26. The van der Waals surface area contributed by atoms with Gasteiger partial charge < -0.3 is 9.47 Å². The molecule has 0 bridgehead atoms. The smallest absolute Gasteiger partial charge is 0.157 e. The minimum atomic E-state index is 0.0358. The Labute approximate surface area is 74.6 Å². The van der Waals surface area contributed by atoms with E-state index in [-0.39, 0.29) is 12.4 Å². The summed E-state index contributed by atoms with van der Waals surface area (Å²) < 4.78 is 11.1. The van der Waals surface area contributed by atoms with Crippen LogP contribution in [0.15, 0.2) is 12.7 Å². The van der Waals surface area contributed by atoms with Gasteiger partial charge in [-0.1, -0.05) is 6.08 Å². The SMILES string of the molecule is C=CC[C@H](C)OC1CCCCO1. The summed E-state index contributed by atoms with van der Waals surface area (Å²) in [6, 6.07) is 0. The second-order valence-corrected chi connectivity index (χ2v) is 3.27. The van der Waals surface area contributed by atoms with Crippen molar-refractivity contribution >= 4 is 0 Å². The van der Waals surface area contributed by atoms with Crippen molar-refractivity contribution in [1.82, 2.24) is 0 Å². The lowest BCUT2D eigenvalue weighted by molar-refractivity contribution is -0.183. The molecule has 0 aromatic heterocycles. The average molecular weight is 170 g/mol. The van der Waals surface area contributed by atoms with Crippen LogP contribution in [0, 0.1) is 0 Å². The molecule has 1 heterocycles. The first kappa shape index (κ1) is 9.75. The van der Waals surface area contributed by atoms with Crippen LogP contribution in [0.2, 0.25) is 0 Å². The molecule has 70 valence electrons. The highest BCUT2D eigenvalue weighted by atomic mass is 16.7. The van der Waals surface area contributed by atoms with Gasteiger partial charge in [-0.2, -0.15) is 0 Å². The van der Waals surface area contributed by atoms with Crippen LogP contribution in [-0.2, 0) is 9.47 Å². The van der Waals surface area contributed by atoms with E-state index in [9.17, 15) is 0 Å². The molecule has 1 rings (SSSR count). The van der Waals surface area contributed by atoms with Gasteiger partial charge in [-0.25, -0.2) is 0 Å². The summed E-state index contributed by atoms with van der Waals surface area (Å²) in [6.07, 6.45) is 6.51. The van der Waals surface area contributed by atoms with Crippen LogP contribution in [0.4, 0.5) is 0 Å². The van der Waals surface area contributed by atoms with Gasteiger partial charge in [-0.05, 0) is 32.6 Å². The van der Waals surface area contributed by atoms with E-state index in [0.29, 0.717) is 0 Å². The minimum absolute atomic E-state index is 0.0358. The second-order valence-electron chi connectivity index (χ2n) is 3.27. The molecule has 0 saturated carbocycles. The summed E-state index contributed by atoms with van der Waals surface area (Å²) in [5.74, 6) is 0. The highest BCUT2D eigenvalue weighted by Gasteiger charge is 2.16. The monoisotopic (exact) mass is 170 g/mol. The molecular weight excluding hydrogens is 152 g/mol. The topological polar surface area (TPSA) is 18.5 Å². The van der Waals surface area contributed by atoms with Gasteiger partial charge in [0.2, 0.25) is 0 Å². The van der Waals surface area contributed by atoms with Crippen molar-refractivity contribution in [3.8, 4) is 0 Å². The largest absolute Gasteiger partial charge is 0.353 e. The molecule has 0 aromatic rings. The zero-order chi connectivity index (χ0) is 8.81. The Morgan fingerprint density at radius 3 is 3.08 bits per heavy atom. The van der Waals surface area contributed by atoms with Gasteiger partial charge in [0.1, 0.15) is 0 Å². The van der Waals surface area contributed by atoms with E-state index in [1.807, 2.05) is 6.08 Å². The Morgan fingerprint density at radius 2 is 2.50 bits per heavy atom. The standard InChI is InChI=1S/C10H18O2/c1-3-6-9(2)12-10-7-4-5-8-11-10/h3,9-10H,1,4-8H2,2H3/t9-,10?/m0/s1. The molecule has 2 atom stereocenters. The Bertz CT molecular complexity index is 128. The van der Waals surface area contributed by atoms with Gasteiger partial charge in [0.05, 0.1) is 6.10 Å². The van der Waals surface area contributed by atoms with Crippen molar-refractivity contribution in [3.63, 3.8) is 0 Å². The molecule has 1 saturated heterocycles. The summed E-state index contributed by atoms with van der Waals surface area (Å²) in [5, 5.41) is 0. The predicted molar refractivity (Wildman–Crippen MR) is 49.0 cm³/mol. The van der Waals surface area contributed by atoms with E-state index in [1.165, 1.54) is 12.8 Å². The Balaban J connectivity index is 2.15. The molecule has 0 radical (unpaired) electrons. The molecular formula is C10H18O2. The van der Waals surface area contributed by atoms with Crippen LogP contribution in [0.1, 0.15) is 32.6 Å². The molecule has 0 N–H and O–H groups in total. The molecule has 1 aliphatic rings. The zero-order valence-electron chi connectivity index (χ0n) is 7.79. The molecule has 1 fully saturated rings. The first-order chi connectivity index (χ1) is 5.83. The second kappa shape index (κ2) is 5.33. The number of ether oxygens (including phenoxy) is 2. The summed E-state index contributed by atoms with van der Waals surface area (Å²) >= 11 is 0. The van der Waals surface area contributed by atoms with Crippen molar-refractivity contribution in [2.75, 3.05) is 6.61 Å². The molecule has 0 aliphatic carbocycles. The fourth-order valence-electron chi connectivity index (χ4n) is 1.37. The van der Waals surface area contributed by atoms with E-state index in [1.54, 1.807) is 0 Å². The van der Waals surface area contributed by atoms with Crippen LogP contribution >= 0.6 is 0 Å². The van der Waals surface area contributed by atoms with E-state index in [0.717, 1.165) is 19.4 Å². The maximum atomic E-state index is 5.64. The van der Waals surface area contributed by atoms with Gasteiger partial charge in [0, 0.05) is 6.61 Å². The first-order valence-electron chi connectivity index (χ1n) is 4.71. The van der Waals surface area contributed by atoms with Crippen molar-refractivity contribution in [1.29, 1.82) is 0 Å². The van der Waals surface area contributed by atoms with E-state index in [4.69, 9.17) is 9.47 Å². The lowest BCUT2D eigenvalue weighted by atomic mass is 10.2. The quantitative estimate of drug-likeness (QED) is 0.603. The third-order valence-electron chi connectivity index (χ3n) is 2.02. The Morgan fingerprint density at radius 1 is 1.67 bits per heavy atom. The van der Waals surface area contributed by atoms with Crippen LogP contribution in [0.3, 0.4) is 0 Å². The molecule has 2 heteroatoms.